The Morgan fingerprint density at radius 3 is 2.43 bits per heavy atom. The van der Waals surface area contributed by atoms with Gasteiger partial charge in [0.15, 0.2) is 11.5 Å². The molecule has 3 N–H and O–H groups in total. The van der Waals surface area contributed by atoms with Gasteiger partial charge < -0.3 is 34.9 Å². The molecule has 10 nitrogen and oxygen atoms in total. The zero-order valence-electron chi connectivity index (χ0n) is 26.3. The highest BCUT2D eigenvalue weighted by Gasteiger charge is 2.31. The number of fused-ring (bicyclic) bond motifs is 2. The molecule has 3 amide bonds. The van der Waals surface area contributed by atoms with Crippen molar-refractivity contribution >= 4 is 50.7 Å². The highest BCUT2D eigenvalue weighted by molar-refractivity contribution is 7.20. The molecule has 4 aromatic rings. The van der Waals surface area contributed by atoms with Gasteiger partial charge in [-0.05, 0) is 99.0 Å². The second-order valence-electron chi connectivity index (χ2n) is 12.6. The number of piperidine rings is 1. The van der Waals surface area contributed by atoms with E-state index in [0.29, 0.717) is 66.8 Å². The molecule has 12 heteroatoms. The molecule has 3 aromatic carbocycles. The number of rotatable bonds is 6. The fourth-order valence-corrected chi connectivity index (χ4v) is 6.62. The number of thiophene rings is 1. The zero-order chi connectivity index (χ0) is 33.3. The van der Waals surface area contributed by atoms with Crippen molar-refractivity contribution < 1.29 is 38.1 Å². The largest absolute Gasteiger partial charge is 0.486 e. The maximum absolute atomic E-state index is 14.7. The van der Waals surface area contributed by atoms with E-state index < -0.39 is 29.3 Å². The van der Waals surface area contributed by atoms with Crippen LogP contribution in [0.4, 0.5) is 20.6 Å². The van der Waals surface area contributed by atoms with Gasteiger partial charge in [0, 0.05) is 29.0 Å². The average molecular weight is 662 g/mol. The van der Waals surface area contributed by atoms with Gasteiger partial charge in [-0.15, -0.1) is 11.3 Å². The predicted molar refractivity (Wildman–Crippen MR) is 177 cm³/mol. The molecular weight excluding hydrogens is 625 g/mol. The Morgan fingerprint density at radius 2 is 1.68 bits per heavy atom. The highest BCUT2D eigenvalue weighted by Crippen LogP contribution is 2.35. The molecular formula is C35H36FN3O7S. The highest BCUT2D eigenvalue weighted by atomic mass is 32.1. The third-order valence-corrected chi connectivity index (χ3v) is 9.12. The quantitative estimate of drug-likeness (QED) is 0.203. The normalized spacial score (nSPS) is 15.6. The van der Waals surface area contributed by atoms with Gasteiger partial charge in [0.05, 0.1) is 16.7 Å². The van der Waals surface area contributed by atoms with E-state index in [1.165, 1.54) is 29.5 Å². The standard InChI is InChI=1S/C35H36FN3O7S/c1-35(2,3)46-34(43)39-12-10-20(11-13-39)31(40)22-5-4-21-17-30(47-29(21)18-22)33(42)38-26-19-24(7-8-25(26)36)37-32(41)23-6-9-27-28(16-23)45-15-14-44-27/h4-9,16-20,31,40H,10-15H2,1-3H3,(H,37,41)(H,38,42). The number of likely N-dealkylation sites (tertiary alicyclic amines) is 1. The van der Waals surface area contributed by atoms with Crippen molar-refractivity contribution in [1.29, 1.82) is 0 Å². The van der Waals surface area contributed by atoms with Crippen molar-refractivity contribution in [3.05, 3.63) is 82.5 Å². The second kappa shape index (κ2) is 13.2. The number of carbonyl (C=O) groups excluding carboxylic acids is 3. The minimum absolute atomic E-state index is 0.0285. The Morgan fingerprint density at radius 1 is 0.936 bits per heavy atom. The van der Waals surface area contributed by atoms with Crippen LogP contribution >= 0.6 is 11.3 Å². The lowest BCUT2D eigenvalue weighted by molar-refractivity contribution is 0.00767. The van der Waals surface area contributed by atoms with Gasteiger partial charge in [0.25, 0.3) is 11.8 Å². The number of ether oxygens (including phenoxy) is 3. The van der Waals surface area contributed by atoms with Gasteiger partial charge in [0.2, 0.25) is 0 Å². The lowest BCUT2D eigenvalue weighted by atomic mass is 9.87. The Bertz CT molecular complexity index is 1830. The zero-order valence-corrected chi connectivity index (χ0v) is 27.1. The van der Waals surface area contributed by atoms with Gasteiger partial charge in [0.1, 0.15) is 24.6 Å². The van der Waals surface area contributed by atoms with Crippen LogP contribution in [0.3, 0.4) is 0 Å². The number of aliphatic hydroxyl groups excluding tert-OH is 1. The molecule has 1 atom stereocenters. The molecule has 1 unspecified atom stereocenters. The molecule has 2 aliphatic rings. The number of hydrogen-bond donors (Lipinski definition) is 3. The summed E-state index contributed by atoms with van der Waals surface area (Å²) < 4.78 is 32.1. The molecule has 1 aromatic heterocycles. The summed E-state index contributed by atoms with van der Waals surface area (Å²) in [5, 5.41) is 17.3. The van der Waals surface area contributed by atoms with Crippen molar-refractivity contribution in [3.63, 3.8) is 0 Å². The number of benzene rings is 3. The number of amides is 3. The van der Waals surface area contributed by atoms with Gasteiger partial charge in [-0.25, -0.2) is 9.18 Å². The summed E-state index contributed by atoms with van der Waals surface area (Å²) in [6, 6.07) is 16.1. The number of carbonyl (C=O) groups is 3. The van der Waals surface area contributed by atoms with Crippen LogP contribution in [-0.2, 0) is 4.74 Å². The summed E-state index contributed by atoms with van der Waals surface area (Å²) in [7, 11) is 0. The number of aliphatic hydroxyl groups is 1. The van der Waals surface area contributed by atoms with E-state index in [-0.39, 0.29) is 17.7 Å². The number of anilines is 2. The molecule has 2 aliphatic heterocycles. The molecule has 0 spiro atoms. The SMILES string of the molecule is CC(C)(C)OC(=O)N1CCC(C(O)c2ccc3cc(C(=O)Nc4cc(NC(=O)c5ccc6c(c5)OCCO6)ccc4F)sc3c2)CC1. The van der Waals surface area contributed by atoms with E-state index in [4.69, 9.17) is 14.2 Å². The fourth-order valence-electron chi connectivity index (χ4n) is 5.61. The molecule has 0 aliphatic carbocycles. The molecule has 3 heterocycles. The van der Waals surface area contributed by atoms with Crippen LogP contribution in [0.1, 0.15) is 65.3 Å². The number of halogens is 1. The summed E-state index contributed by atoms with van der Waals surface area (Å²) in [6.07, 6.45) is 0.203. The minimum atomic E-state index is -0.728. The maximum Gasteiger partial charge on any atom is 0.410 e. The first kappa shape index (κ1) is 32.3. The van der Waals surface area contributed by atoms with Gasteiger partial charge in [-0.2, -0.15) is 0 Å². The van der Waals surface area contributed by atoms with Crippen molar-refractivity contribution in [2.45, 2.75) is 45.3 Å². The van der Waals surface area contributed by atoms with Crippen LogP contribution in [0.5, 0.6) is 11.5 Å². The van der Waals surface area contributed by atoms with Crippen LogP contribution in [0.15, 0.2) is 60.7 Å². The van der Waals surface area contributed by atoms with E-state index in [9.17, 15) is 23.9 Å². The third-order valence-electron chi connectivity index (χ3n) is 8.02. The summed E-state index contributed by atoms with van der Waals surface area (Å²) in [5.41, 5.74) is 0.722. The molecule has 0 radical (unpaired) electrons. The van der Waals surface area contributed by atoms with Crippen LogP contribution in [0.25, 0.3) is 10.1 Å². The molecule has 1 fully saturated rings. The topological polar surface area (TPSA) is 126 Å². The summed E-state index contributed by atoms with van der Waals surface area (Å²) in [6.45, 7) is 7.33. The number of nitrogens with one attached hydrogen (secondary N) is 2. The predicted octanol–water partition coefficient (Wildman–Crippen LogP) is 7.00. The van der Waals surface area contributed by atoms with Crippen molar-refractivity contribution in [2.75, 3.05) is 36.9 Å². The molecule has 1 saturated heterocycles. The van der Waals surface area contributed by atoms with Gasteiger partial charge >= 0.3 is 6.09 Å². The molecule has 47 heavy (non-hydrogen) atoms. The lowest BCUT2D eigenvalue weighted by Crippen LogP contribution is -2.42. The van der Waals surface area contributed by atoms with E-state index in [0.717, 1.165) is 15.6 Å². The summed E-state index contributed by atoms with van der Waals surface area (Å²) in [4.78, 5) is 40.5. The molecule has 6 rings (SSSR count). The first-order chi connectivity index (χ1) is 22.4. The number of nitrogens with zero attached hydrogens (tertiary/aromatic N) is 1. The van der Waals surface area contributed by atoms with Crippen LogP contribution < -0.4 is 20.1 Å². The molecule has 0 saturated carbocycles. The number of hydrogen-bond acceptors (Lipinski definition) is 8. The summed E-state index contributed by atoms with van der Waals surface area (Å²) in [5.74, 6) is -0.578. The van der Waals surface area contributed by atoms with E-state index in [1.807, 2.05) is 39.0 Å². The molecule has 246 valence electrons. The smallest absolute Gasteiger partial charge is 0.410 e. The fraction of sp³-hybridized carbons (Fsp3) is 0.343. The van der Waals surface area contributed by atoms with E-state index >= 15 is 0 Å². The first-order valence-electron chi connectivity index (χ1n) is 15.4. The van der Waals surface area contributed by atoms with Crippen molar-refractivity contribution in [3.8, 4) is 11.5 Å². The van der Waals surface area contributed by atoms with E-state index in [1.54, 1.807) is 29.2 Å². The Balaban J connectivity index is 1.09. The Kier molecular flexibility index (Phi) is 9.07. The summed E-state index contributed by atoms with van der Waals surface area (Å²) >= 11 is 1.23. The van der Waals surface area contributed by atoms with Gasteiger partial charge in [-0.3, -0.25) is 9.59 Å². The lowest BCUT2D eigenvalue weighted by Gasteiger charge is -2.35. The second-order valence-corrected chi connectivity index (χ2v) is 13.7. The molecule has 0 bridgehead atoms. The van der Waals surface area contributed by atoms with E-state index in [2.05, 4.69) is 10.6 Å². The third kappa shape index (κ3) is 7.50. The van der Waals surface area contributed by atoms with Crippen LogP contribution in [0, 0.1) is 11.7 Å². The van der Waals surface area contributed by atoms with Crippen molar-refractivity contribution in [1.82, 2.24) is 4.90 Å². The minimum Gasteiger partial charge on any atom is -0.486 e. The monoisotopic (exact) mass is 661 g/mol. The van der Waals surface area contributed by atoms with Crippen molar-refractivity contribution in [2.24, 2.45) is 5.92 Å². The average Bonchev–Trinajstić information content (AvgIpc) is 3.49. The Hall–Kier alpha value is -4.68. The Labute approximate surface area is 275 Å². The first-order valence-corrected chi connectivity index (χ1v) is 16.3. The van der Waals surface area contributed by atoms with Crippen LogP contribution in [-0.4, -0.2) is 59.8 Å². The van der Waals surface area contributed by atoms with Crippen LogP contribution in [0.2, 0.25) is 0 Å². The van der Waals surface area contributed by atoms with Gasteiger partial charge in [-0.1, -0.05) is 12.1 Å². The maximum atomic E-state index is 14.7.